The number of aromatic nitrogens is 1. The van der Waals surface area contributed by atoms with Gasteiger partial charge >= 0.3 is 7.12 Å². The Morgan fingerprint density at radius 3 is 1.72 bits per heavy atom. The van der Waals surface area contributed by atoms with Gasteiger partial charge in [0, 0.05) is 17.3 Å². The third-order valence-corrected chi connectivity index (χ3v) is 4.99. The first-order valence-electron chi connectivity index (χ1n) is 9.59. The summed E-state index contributed by atoms with van der Waals surface area (Å²) in [4.78, 5) is 4.70. The maximum atomic E-state index is 9.65. The molecule has 2 N–H and O–H groups in total. The second kappa shape index (κ2) is 9.59. The van der Waals surface area contributed by atoms with Gasteiger partial charge in [0.05, 0.1) is 14.2 Å². The highest BCUT2D eigenvalue weighted by molar-refractivity contribution is 6.58. The van der Waals surface area contributed by atoms with Gasteiger partial charge in [0.1, 0.15) is 11.5 Å². The molecule has 0 aliphatic rings. The van der Waals surface area contributed by atoms with Crippen molar-refractivity contribution in [2.24, 2.45) is 0 Å². The van der Waals surface area contributed by atoms with E-state index in [-0.39, 0.29) is 5.92 Å². The average molecular weight is 391 g/mol. The first kappa shape index (κ1) is 20.9. The van der Waals surface area contributed by atoms with Gasteiger partial charge in [-0.05, 0) is 72.8 Å². The van der Waals surface area contributed by atoms with Crippen LogP contribution in [0.1, 0.15) is 28.4 Å². The van der Waals surface area contributed by atoms with E-state index in [9.17, 15) is 10.0 Å². The molecule has 0 bridgehead atoms. The predicted molar refractivity (Wildman–Crippen MR) is 115 cm³/mol. The van der Waals surface area contributed by atoms with Crippen LogP contribution in [0.2, 0.25) is 0 Å². The SMILES string of the molecule is COc1ccc(CC(Cc2ccc(OC)cc2)c2cc(B(O)O)cc(C)n2)cc1. The Hall–Kier alpha value is -2.83. The first-order chi connectivity index (χ1) is 14.0. The number of rotatable bonds is 8. The summed E-state index contributed by atoms with van der Waals surface area (Å²) in [5, 5.41) is 19.3. The van der Waals surface area contributed by atoms with Crippen LogP contribution in [-0.2, 0) is 12.8 Å². The molecular weight excluding hydrogens is 365 g/mol. The Morgan fingerprint density at radius 2 is 1.31 bits per heavy atom. The van der Waals surface area contributed by atoms with E-state index < -0.39 is 7.12 Å². The van der Waals surface area contributed by atoms with Crippen LogP contribution in [0.25, 0.3) is 0 Å². The van der Waals surface area contributed by atoms with Crippen molar-refractivity contribution in [1.29, 1.82) is 0 Å². The number of aryl methyl sites for hydroxylation is 1. The summed E-state index contributed by atoms with van der Waals surface area (Å²) in [6.07, 6.45) is 1.54. The summed E-state index contributed by atoms with van der Waals surface area (Å²) >= 11 is 0. The molecular formula is C23H26BNO4. The molecule has 0 amide bonds. The molecule has 5 nitrogen and oxygen atoms in total. The van der Waals surface area contributed by atoms with Crippen molar-refractivity contribution >= 4 is 12.6 Å². The zero-order valence-electron chi connectivity index (χ0n) is 17.0. The molecule has 1 heterocycles. The Kier molecular flexibility index (Phi) is 6.91. The van der Waals surface area contributed by atoms with Crippen molar-refractivity contribution in [3.05, 3.63) is 83.2 Å². The molecule has 1 aromatic heterocycles. The molecule has 3 aromatic rings. The molecule has 0 aliphatic heterocycles. The van der Waals surface area contributed by atoms with Gasteiger partial charge in [0.25, 0.3) is 0 Å². The van der Waals surface area contributed by atoms with E-state index in [1.807, 2.05) is 31.2 Å². The third-order valence-electron chi connectivity index (χ3n) is 4.99. The van der Waals surface area contributed by atoms with Crippen LogP contribution in [0.15, 0.2) is 60.7 Å². The summed E-state index contributed by atoms with van der Waals surface area (Å²) in [5.41, 5.74) is 4.40. The highest BCUT2D eigenvalue weighted by Crippen LogP contribution is 2.26. The van der Waals surface area contributed by atoms with E-state index in [2.05, 4.69) is 24.3 Å². The summed E-state index contributed by atoms with van der Waals surface area (Å²) in [7, 11) is 1.79. The van der Waals surface area contributed by atoms with Gasteiger partial charge in [0.15, 0.2) is 0 Å². The highest BCUT2D eigenvalue weighted by Gasteiger charge is 2.20. The van der Waals surface area contributed by atoms with Gasteiger partial charge in [-0.3, -0.25) is 4.98 Å². The van der Waals surface area contributed by atoms with Crippen LogP contribution in [0.5, 0.6) is 11.5 Å². The quantitative estimate of drug-likeness (QED) is 0.578. The van der Waals surface area contributed by atoms with E-state index in [0.717, 1.165) is 35.7 Å². The van der Waals surface area contributed by atoms with Crippen LogP contribution >= 0.6 is 0 Å². The molecule has 0 radical (unpaired) electrons. The smallest absolute Gasteiger partial charge is 0.488 e. The number of nitrogens with zero attached hydrogens (tertiary/aromatic N) is 1. The van der Waals surface area contributed by atoms with Crippen LogP contribution in [0.4, 0.5) is 0 Å². The van der Waals surface area contributed by atoms with E-state index in [1.54, 1.807) is 26.4 Å². The molecule has 150 valence electrons. The molecule has 0 aliphatic carbocycles. The van der Waals surface area contributed by atoms with Crippen molar-refractivity contribution in [1.82, 2.24) is 4.98 Å². The minimum Gasteiger partial charge on any atom is -0.497 e. The molecule has 0 saturated heterocycles. The zero-order chi connectivity index (χ0) is 20.8. The standard InChI is InChI=1S/C23H26BNO4/c1-16-12-20(24(26)27)15-23(25-16)19(13-17-4-8-21(28-2)9-5-17)14-18-6-10-22(29-3)11-7-18/h4-12,15,19,26-27H,13-14H2,1-3H3. The topological polar surface area (TPSA) is 71.8 Å². The molecule has 0 spiro atoms. The van der Waals surface area contributed by atoms with Gasteiger partial charge in [-0.15, -0.1) is 0 Å². The minimum absolute atomic E-state index is 0.0780. The summed E-state index contributed by atoms with van der Waals surface area (Å²) in [6, 6.07) is 19.5. The predicted octanol–water partition coefficient (Wildman–Crippen LogP) is 2.66. The first-order valence-corrected chi connectivity index (χ1v) is 9.59. The lowest BCUT2D eigenvalue weighted by atomic mass is 9.78. The number of pyridine rings is 1. The fraction of sp³-hybridized carbons (Fsp3) is 0.261. The lowest BCUT2D eigenvalue weighted by molar-refractivity contribution is 0.414. The molecule has 29 heavy (non-hydrogen) atoms. The van der Waals surface area contributed by atoms with Gasteiger partial charge in [0.2, 0.25) is 0 Å². The molecule has 0 atom stereocenters. The van der Waals surface area contributed by atoms with Crippen molar-refractivity contribution in [3.63, 3.8) is 0 Å². The van der Waals surface area contributed by atoms with Crippen LogP contribution < -0.4 is 14.9 Å². The fourth-order valence-electron chi connectivity index (χ4n) is 3.45. The Balaban J connectivity index is 1.93. The number of benzene rings is 2. The van der Waals surface area contributed by atoms with Crippen LogP contribution in [0, 0.1) is 6.92 Å². The minimum atomic E-state index is -1.52. The lowest BCUT2D eigenvalue weighted by Crippen LogP contribution is -2.31. The fourth-order valence-corrected chi connectivity index (χ4v) is 3.45. The normalized spacial score (nSPS) is 10.8. The van der Waals surface area contributed by atoms with E-state index >= 15 is 0 Å². The molecule has 2 aromatic carbocycles. The molecule has 6 heteroatoms. The third kappa shape index (κ3) is 5.59. The van der Waals surface area contributed by atoms with Crippen molar-refractivity contribution in [2.45, 2.75) is 25.7 Å². The zero-order valence-corrected chi connectivity index (χ0v) is 17.0. The average Bonchev–Trinajstić information content (AvgIpc) is 2.74. The summed E-state index contributed by atoms with van der Waals surface area (Å²) in [6.45, 7) is 1.87. The van der Waals surface area contributed by atoms with E-state index in [4.69, 9.17) is 14.5 Å². The number of hydrogen-bond donors (Lipinski definition) is 2. The van der Waals surface area contributed by atoms with Crippen molar-refractivity contribution in [2.75, 3.05) is 14.2 Å². The van der Waals surface area contributed by atoms with Gasteiger partial charge in [-0.25, -0.2) is 0 Å². The second-order valence-corrected chi connectivity index (χ2v) is 7.14. The largest absolute Gasteiger partial charge is 0.497 e. The monoisotopic (exact) mass is 391 g/mol. The van der Waals surface area contributed by atoms with E-state index in [0.29, 0.717) is 5.46 Å². The Labute approximate surface area is 172 Å². The number of ether oxygens (including phenoxy) is 2. The van der Waals surface area contributed by atoms with Crippen LogP contribution in [-0.4, -0.2) is 36.4 Å². The highest BCUT2D eigenvalue weighted by atomic mass is 16.5. The molecule has 0 unspecified atom stereocenters. The van der Waals surface area contributed by atoms with E-state index in [1.165, 1.54) is 11.1 Å². The molecule has 0 saturated carbocycles. The maximum absolute atomic E-state index is 9.65. The molecule has 0 fully saturated rings. The van der Waals surface area contributed by atoms with Crippen LogP contribution in [0.3, 0.4) is 0 Å². The maximum Gasteiger partial charge on any atom is 0.488 e. The second-order valence-electron chi connectivity index (χ2n) is 7.14. The number of methoxy groups -OCH3 is 2. The van der Waals surface area contributed by atoms with Gasteiger partial charge < -0.3 is 19.5 Å². The van der Waals surface area contributed by atoms with Crippen molar-refractivity contribution < 1.29 is 19.5 Å². The summed E-state index contributed by atoms with van der Waals surface area (Å²) < 4.78 is 10.5. The Morgan fingerprint density at radius 1 is 0.828 bits per heavy atom. The number of hydrogen-bond acceptors (Lipinski definition) is 5. The van der Waals surface area contributed by atoms with Gasteiger partial charge in [-0.2, -0.15) is 0 Å². The molecule has 3 rings (SSSR count). The Bertz CT molecular complexity index is 877. The summed E-state index contributed by atoms with van der Waals surface area (Å²) in [5.74, 6) is 1.72. The lowest BCUT2D eigenvalue weighted by Gasteiger charge is -2.19. The van der Waals surface area contributed by atoms with Gasteiger partial charge in [-0.1, -0.05) is 24.3 Å². The van der Waals surface area contributed by atoms with Crippen molar-refractivity contribution in [3.8, 4) is 11.5 Å².